The van der Waals surface area contributed by atoms with Crippen LogP contribution in [0, 0.1) is 0 Å². The molecule has 0 bridgehead atoms. The Bertz CT molecular complexity index is 1120. The van der Waals surface area contributed by atoms with Crippen LogP contribution in [0.25, 0.3) is 0 Å². The van der Waals surface area contributed by atoms with E-state index in [1.807, 2.05) is 0 Å². The van der Waals surface area contributed by atoms with Crippen molar-refractivity contribution in [1.29, 1.82) is 0 Å². The Kier molecular flexibility index (Phi) is 35.6. The van der Waals surface area contributed by atoms with Gasteiger partial charge in [0.1, 0.15) is 0 Å². The summed E-state index contributed by atoms with van der Waals surface area (Å²) in [6.45, 7) is 3.89. The molecular weight excluding hydrogens is 721 g/mol. The molecule has 0 heterocycles. The number of nitrogens with two attached hydrogens (primary N) is 3. The number of carbonyl (C=O) groups excluding carboxylic acids is 4. The van der Waals surface area contributed by atoms with Gasteiger partial charge >= 0.3 is 5.97 Å². The van der Waals surface area contributed by atoms with Gasteiger partial charge in [0, 0.05) is 12.8 Å². The molecule has 2 atom stereocenters. The lowest BCUT2D eigenvalue weighted by molar-refractivity contribution is -0.154. The van der Waals surface area contributed by atoms with Crippen LogP contribution in [0.3, 0.4) is 0 Å². The van der Waals surface area contributed by atoms with Crippen LogP contribution in [0.1, 0.15) is 206 Å². The molecule has 0 fully saturated rings. The van der Waals surface area contributed by atoms with E-state index in [1.54, 1.807) is 0 Å². The largest absolute Gasteiger partial charge is 0.480 e. The van der Waals surface area contributed by atoms with Gasteiger partial charge < -0.3 is 27.6 Å². The fourth-order valence-corrected chi connectivity index (χ4v) is 6.60. The fourth-order valence-electron chi connectivity index (χ4n) is 6.60. The van der Waals surface area contributed by atoms with E-state index >= 15 is 0 Å². The predicted molar refractivity (Wildman–Crippen MR) is 233 cm³/mol. The van der Waals surface area contributed by atoms with Gasteiger partial charge in [-0.25, -0.2) is 14.7 Å². The molecule has 0 aromatic rings. The standard InChI is InChI=1S/C45H82N6O6/c1-3-5-7-9-11-13-15-17-19-21-23-25-27-29-31-33-40(52)51(42(54)37-49-43(55)38(46)35-36-39(44(56)57)50-45(47)48)41(53)34-32-30-28-26-24-22-20-18-16-14-12-10-8-6-4-2/h17-20,38-39H,3-16,21-37,46H2,1-2H3,(H,49,55)(H,56,57)(H4,47,48,50)/b19-17-,20-18-/t38-,39?/m0/s1. The van der Waals surface area contributed by atoms with Gasteiger partial charge in [0.2, 0.25) is 17.7 Å². The van der Waals surface area contributed by atoms with E-state index in [0.717, 1.165) is 77.0 Å². The molecule has 0 radical (unpaired) electrons. The van der Waals surface area contributed by atoms with Crippen LogP contribution >= 0.6 is 0 Å². The summed E-state index contributed by atoms with van der Waals surface area (Å²) >= 11 is 0. The van der Waals surface area contributed by atoms with Crippen LogP contribution < -0.4 is 22.5 Å². The van der Waals surface area contributed by atoms with E-state index in [4.69, 9.17) is 17.2 Å². The number of nitrogens with zero attached hydrogens (tertiary/aromatic N) is 2. The van der Waals surface area contributed by atoms with E-state index in [-0.39, 0.29) is 25.7 Å². The molecular formula is C45H82N6O6. The van der Waals surface area contributed by atoms with E-state index in [0.29, 0.717) is 17.7 Å². The highest BCUT2D eigenvalue weighted by Gasteiger charge is 2.28. The van der Waals surface area contributed by atoms with Crippen molar-refractivity contribution in [2.45, 2.75) is 219 Å². The number of hydrogen-bond acceptors (Lipinski definition) is 7. The lowest BCUT2D eigenvalue weighted by Gasteiger charge is -2.20. The smallest absolute Gasteiger partial charge is 0.328 e. The minimum Gasteiger partial charge on any atom is -0.480 e. The van der Waals surface area contributed by atoms with Crippen molar-refractivity contribution in [3.63, 3.8) is 0 Å². The number of carbonyl (C=O) groups is 5. The zero-order valence-electron chi connectivity index (χ0n) is 36.0. The minimum absolute atomic E-state index is 0.0663. The number of aliphatic carboxylic acids is 1. The third-order valence-corrected chi connectivity index (χ3v) is 10.1. The van der Waals surface area contributed by atoms with Crippen molar-refractivity contribution in [1.82, 2.24) is 10.2 Å². The fraction of sp³-hybridized carbons (Fsp3) is 0.778. The van der Waals surface area contributed by atoms with Crippen molar-refractivity contribution < 1.29 is 29.1 Å². The van der Waals surface area contributed by atoms with E-state index in [2.05, 4.69) is 48.5 Å². The maximum absolute atomic E-state index is 13.3. The van der Waals surface area contributed by atoms with Crippen LogP contribution in [0.5, 0.6) is 0 Å². The third-order valence-electron chi connectivity index (χ3n) is 10.1. The average Bonchev–Trinajstić information content (AvgIpc) is 3.18. The first-order valence-electron chi connectivity index (χ1n) is 22.6. The van der Waals surface area contributed by atoms with Crippen LogP contribution in [0.4, 0.5) is 0 Å². The van der Waals surface area contributed by atoms with Gasteiger partial charge in [-0.15, -0.1) is 0 Å². The minimum atomic E-state index is -1.27. The number of imide groups is 3. The van der Waals surface area contributed by atoms with Gasteiger partial charge in [0.05, 0.1) is 12.6 Å². The average molecular weight is 803 g/mol. The number of guanidine groups is 1. The maximum atomic E-state index is 13.3. The molecule has 0 aliphatic heterocycles. The number of allylic oxidation sites excluding steroid dienone is 4. The van der Waals surface area contributed by atoms with Gasteiger partial charge in [-0.2, -0.15) is 0 Å². The molecule has 12 heteroatoms. The maximum Gasteiger partial charge on any atom is 0.328 e. The molecule has 0 rings (SSSR count). The summed E-state index contributed by atoms with van der Waals surface area (Å²) in [5, 5.41) is 11.7. The Morgan fingerprint density at radius 2 is 0.930 bits per heavy atom. The van der Waals surface area contributed by atoms with E-state index in [9.17, 15) is 29.1 Å². The number of nitrogens with one attached hydrogen (secondary N) is 1. The monoisotopic (exact) mass is 803 g/mol. The predicted octanol–water partition coefficient (Wildman–Crippen LogP) is 8.89. The summed E-state index contributed by atoms with van der Waals surface area (Å²) in [6.07, 6.45) is 38.1. The number of amides is 4. The number of carboxylic acid groups (broad SMARTS) is 1. The summed E-state index contributed by atoms with van der Waals surface area (Å²) in [5.74, 6) is -4.31. The first-order valence-corrected chi connectivity index (χ1v) is 22.6. The summed E-state index contributed by atoms with van der Waals surface area (Å²) in [4.78, 5) is 68.2. The zero-order chi connectivity index (χ0) is 42.4. The van der Waals surface area contributed by atoms with Crippen molar-refractivity contribution in [2.75, 3.05) is 6.54 Å². The van der Waals surface area contributed by atoms with Gasteiger partial charge in [-0.3, -0.25) is 19.2 Å². The quantitative estimate of drug-likeness (QED) is 0.0174. The molecule has 328 valence electrons. The summed E-state index contributed by atoms with van der Waals surface area (Å²) in [5.41, 5.74) is 16.5. The summed E-state index contributed by atoms with van der Waals surface area (Å²) < 4.78 is 0. The SMILES string of the molecule is CCCCCCCC/C=C\CCCCCCCC(=O)N(C(=O)CCCCCCC/C=C\CCCCCCCC)C(=O)CNC(=O)[C@@H](N)CCC(N=C(N)N)C(=O)O. The second-order valence-corrected chi connectivity index (χ2v) is 15.5. The zero-order valence-corrected chi connectivity index (χ0v) is 36.0. The molecule has 0 spiro atoms. The molecule has 0 saturated carbocycles. The van der Waals surface area contributed by atoms with Crippen molar-refractivity contribution in [3.8, 4) is 0 Å². The molecule has 57 heavy (non-hydrogen) atoms. The molecule has 1 unspecified atom stereocenters. The lowest BCUT2D eigenvalue weighted by Crippen LogP contribution is -2.49. The molecule has 0 aromatic carbocycles. The van der Waals surface area contributed by atoms with Crippen molar-refractivity contribution in [2.24, 2.45) is 22.2 Å². The molecule has 4 amide bonds. The topological polar surface area (TPSA) is 211 Å². The first kappa shape index (κ1) is 53.5. The number of aliphatic imine (C=N–C) groups is 1. The lowest BCUT2D eigenvalue weighted by atomic mass is 10.1. The second kappa shape index (κ2) is 38.0. The first-order chi connectivity index (χ1) is 27.5. The van der Waals surface area contributed by atoms with E-state index < -0.39 is 54.2 Å². The highest BCUT2D eigenvalue weighted by atomic mass is 16.4. The molecule has 0 aliphatic rings. The molecule has 0 saturated heterocycles. The normalized spacial score (nSPS) is 12.5. The summed E-state index contributed by atoms with van der Waals surface area (Å²) in [7, 11) is 0. The number of carboxylic acids is 1. The Labute approximate surface area is 345 Å². The Morgan fingerprint density at radius 3 is 1.30 bits per heavy atom. The number of hydrogen-bond donors (Lipinski definition) is 5. The summed E-state index contributed by atoms with van der Waals surface area (Å²) in [6, 6.07) is -2.42. The molecule has 0 aliphatic carbocycles. The Hall–Kier alpha value is -3.54. The third kappa shape index (κ3) is 32.1. The van der Waals surface area contributed by atoms with Gasteiger partial charge in [0.25, 0.3) is 5.91 Å². The number of rotatable bonds is 38. The van der Waals surface area contributed by atoms with Crippen LogP contribution in [0.2, 0.25) is 0 Å². The highest BCUT2D eigenvalue weighted by molar-refractivity contribution is 6.11. The molecule has 8 N–H and O–H groups in total. The van der Waals surface area contributed by atoms with Crippen molar-refractivity contribution in [3.05, 3.63) is 24.3 Å². The Balaban J connectivity index is 4.82. The van der Waals surface area contributed by atoms with Crippen LogP contribution in [-0.2, 0) is 24.0 Å². The van der Waals surface area contributed by atoms with E-state index in [1.165, 1.54) is 77.0 Å². The second-order valence-electron chi connectivity index (χ2n) is 15.5. The van der Waals surface area contributed by atoms with Crippen LogP contribution in [0.15, 0.2) is 29.3 Å². The Morgan fingerprint density at radius 1 is 0.561 bits per heavy atom. The molecule has 0 aromatic heterocycles. The van der Waals surface area contributed by atoms with Gasteiger partial charge in [-0.1, -0.05) is 141 Å². The van der Waals surface area contributed by atoms with Crippen molar-refractivity contribution >= 4 is 35.6 Å². The van der Waals surface area contributed by atoms with Gasteiger partial charge in [-0.05, 0) is 77.0 Å². The van der Waals surface area contributed by atoms with Crippen LogP contribution in [-0.4, -0.2) is 64.2 Å². The number of unbranched alkanes of at least 4 members (excludes halogenated alkanes) is 22. The van der Waals surface area contributed by atoms with Gasteiger partial charge in [0.15, 0.2) is 12.0 Å². The molecule has 12 nitrogen and oxygen atoms in total. The highest BCUT2D eigenvalue weighted by Crippen LogP contribution is 2.14.